The molecule has 0 saturated carbocycles. The molecule has 20 heavy (non-hydrogen) atoms. The molecule has 3 rings (SSSR count). The first-order valence-corrected chi connectivity index (χ1v) is 7.09. The van der Waals surface area contributed by atoms with Gasteiger partial charge in [0.2, 0.25) is 0 Å². The van der Waals surface area contributed by atoms with Crippen molar-refractivity contribution in [2.45, 2.75) is 0 Å². The van der Waals surface area contributed by atoms with Crippen molar-refractivity contribution >= 4 is 23.1 Å². The predicted molar refractivity (Wildman–Crippen MR) is 84.2 cm³/mol. The summed E-state index contributed by atoms with van der Waals surface area (Å²) in [6.45, 7) is 3.84. The fourth-order valence-electron chi connectivity index (χ4n) is 2.45. The number of hydrogen-bond acceptors (Lipinski definition) is 4. The highest BCUT2D eigenvalue weighted by Crippen LogP contribution is 2.29. The van der Waals surface area contributed by atoms with Crippen molar-refractivity contribution in [1.82, 2.24) is 10.3 Å². The second kappa shape index (κ2) is 5.69. The van der Waals surface area contributed by atoms with Gasteiger partial charge in [-0.25, -0.2) is 4.98 Å². The fraction of sp³-hybridized carbons (Fsp3) is 0.267. The lowest BCUT2D eigenvalue weighted by Crippen LogP contribution is -2.43. The molecule has 0 unspecified atom stereocenters. The van der Waals surface area contributed by atoms with Crippen LogP contribution in [0.4, 0.5) is 11.5 Å². The number of halogens is 1. The van der Waals surface area contributed by atoms with E-state index in [1.54, 1.807) is 6.20 Å². The first-order valence-electron chi connectivity index (χ1n) is 6.71. The maximum absolute atomic E-state index is 6.05. The quantitative estimate of drug-likeness (QED) is 0.891. The van der Waals surface area contributed by atoms with Crippen molar-refractivity contribution in [2.75, 3.05) is 36.8 Å². The Labute approximate surface area is 123 Å². The number of anilines is 2. The minimum absolute atomic E-state index is 0.581. The Hall–Kier alpha value is -1.78. The lowest BCUT2D eigenvalue weighted by molar-refractivity contribution is 0.589. The van der Waals surface area contributed by atoms with Crippen LogP contribution in [0, 0.1) is 0 Å². The average molecular weight is 289 g/mol. The number of hydrogen-bond donors (Lipinski definition) is 2. The van der Waals surface area contributed by atoms with Gasteiger partial charge in [-0.3, -0.25) is 0 Å². The number of benzene rings is 1. The smallest absolute Gasteiger partial charge is 0.147 e. The minimum atomic E-state index is 0.581. The van der Waals surface area contributed by atoms with E-state index < -0.39 is 0 Å². The Balaban J connectivity index is 1.97. The van der Waals surface area contributed by atoms with Gasteiger partial charge in [0, 0.05) is 43.0 Å². The van der Waals surface area contributed by atoms with E-state index in [2.05, 4.69) is 21.3 Å². The van der Waals surface area contributed by atoms with E-state index in [1.807, 2.05) is 24.3 Å². The van der Waals surface area contributed by atoms with Crippen LogP contribution in [0.3, 0.4) is 0 Å². The molecule has 5 heteroatoms. The summed E-state index contributed by atoms with van der Waals surface area (Å²) in [7, 11) is 0. The summed E-state index contributed by atoms with van der Waals surface area (Å²) >= 11 is 6.05. The molecule has 0 spiro atoms. The molecule has 0 bridgehead atoms. The number of rotatable bonds is 2. The van der Waals surface area contributed by atoms with Gasteiger partial charge in [0.05, 0.1) is 5.69 Å². The molecule has 2 heterocycles. The summed E-state index contributed by atoms with van der Waals surface area (Å²) in [4.78, 5) is 6.60. The van der Waals surface area contributed by atoms with E-state index in [0.29, 0.717) is 5.82 Å². The first-order chi connectivity index (χ1) is 9.74. The largest absolute Gasteiger partial charge is 0.382 e. The summed E-state index contributed by atoms with van der Waals surface area (Å²) in [5.41, 5.74) is 9.13. The van der Waals surface area contributed by atoms with Crippen molar-refractivity contribution in [2.24, 2.45) is 0 Å². The summed E-state index contributed by atoms with van der Waals surface area (Å²) in [6.07, 6.45) is 1.80. The highest BCUT2D eigenvalue weighted by molar-refractivity contribution is 6.30. The third-order valence-corrected chi connectivity index (χ3v) is 3.75. The maximum Gasteiger partial charge on any atom is 0.147 e. The van der Waals surface area contributed by atoms with Gasteiger partial charge in [-0.05, 0) is 23.8 Å². The molecular formula is C15H17ClN4. The van der Waals surface area contributed by atoms with E-state index in [-0.39, 0.29) is 0 Å². The molecule has 1 fully saturated rings. The highest BCUT2D eigenvalue weighted by atomic mass is 35.5. The number of aromatic nitrogens is 1. The molecule has 0 atom stereocenters. The number of piperazine rings is 1. The molecule has 2 aromatic rings. The number of nitrogens with two attached hydrogens (primary N) is 1. The van der Waals surface area contributed by atoms with E-state index >= 15 is 0 Å². The maximum atomic E-state index is 6.05. The number of pyridine rings is 1. The van der Waals surface area contributed by atoms with Crippen LogP contribution in [0.15, 0.2) is 36.5 Å². The van der Waals surface area contributed by atoms with Crippen molar-refractivity contribution in [1.29, 1.82) is 0 Å². The molecule has 1 aliphatic heterocycles. The van der Waals surface area contributed by atoms with Gasteiger partial charge in [0.15, 0.2) is 0 Å². The third kappa shape index (κ3) is 2.71. The summed E-state index contributed by atoms with van der Waals surface area (Å²) in [6, 6.07) is 9.88. The topological polar surface area (TPSA) is 54.2 Å². The fourth-order valence-corrected chi connectivity index (χ4v) is 2.64. The molecule has 3 N–H and O–H groups in total. The molecule has 1 aliphatic rings. The number of nitrogen functional groups attached to an aromatic ring is 1. The van der Waals surface area contributed by atoms with Crippen LogP contribution < -0.4 is 16.0 Å². The van der Waals surface area contributed by atoms with Crippen molar-refractivity contribution in [3.63, 3.8) is 0 Å². The number of nitrogens with one attached hydrogen (secondary N) is 1. The van der Waals surface area contributed by atoms with E-state index in [4.69, 9.17) is 17.3 Å². The van der Waals surface area contributed by atoms with Gasteiger partial charge < -0.3 is 16.0 Å². The lowest BCUT2D eigenvalue weighted by atomic mass is 10.1. The zero-order valence-corrected chi connectivity index (χ0v) is 11.9. The average Bonchev–Trinajstić information content (AvgIpc) is 2.48. The Morgan fingerprint density at radius 1 is 1.15 bits per heavy atom. The predicted octanol–water partition coefficient (Wildman–Crippen LogP) is 2.39. The lowest BCUT2D eigenvalue weighted by Gasteiger charge is -2.30. The molecular weight excluding hydrogens is 272 g/mol. The van der Waals surface area contributed by atoms with Gasteiger partial charge in [0.1, 0.15) is 5.82 Å². The molecule has 4 nitrogen and oxygen atoms in total. The van der Waals surface area contributed by atoms with Gasteiger partial charge in [0.25, 0.3) is 0 Å². The molecule has 0 amide bonds. The molecule has 1 saturated heterocycles. The number of nitrogens with zero attached hydrogens (tertiary/aromatic N) is 2. The second-order valence-corrected chi connectivity index (χ2v) is 5.31. The van der Waals surface area contributed by atoms with Crippen molar-refractivity contribution in [3.05, 3.63) is 41.6 Å². The Bertz CT molecular complexity index is 609. The van der Waals surface area contributed by atoms with Gasteiger partial charge in [-0.1, -0.05) is 23.7 Å². The normalized spacial score (nSPS) is 15.3. The molecule has 104 valence electrons. The monoisotopic (exact) mass is 288 g/mol. The van der Waals surface area contributed by atoms with Crippen molar-refractivity contribution < 1.29 is 0 Å². The second-order valence-electron chi connectivity index (χ2n) is 4.88. The Morgan fingerprint density at radius 3 is 2.70 bits per heavy atom. The zero-order chi connectivity index (χ0) is 13.9. The van der Waals surface area contributed by atoms with Crippen LogP contribution >= 0.6 is 11.6 Å². The van der Waals surface area contributed by atoms with Gasteiger partial charge in [-0.15, -0.1) is 0 Å². The summed E-state index contributed by atoms with van der Waals surface area (Å²) in [5, 5.41) is 4.06. The van der Waals surface area contributed by atoms with E-state index in [1.165, 1.54) is 0 Å². The highest BCUT2D eigenvalue weighted by Gasteiger charge is 2.15. The third-order valence-electron chi connectivity index (χ3n) is 3.51. The van der Waals surface area contributed by atoms with Crippen molar-refractivity contribution in [3.8, 4) is 11.1 Å². The summed E-state index contributed by atoms with van der Waals surface area (Å²) < 4.78 is 0. The standard InChI is InChI=1S/C15H17ClN4/c16-13-3-1-2-11(8-13)12-9-14(15(17)19-10-12)20-6-4-18-5-7-20/h1-3,8-10,18H,4-7H2,(H2,17,19). The van der Waals surface area contributed by atoms with Gasteiger partial charge >= 0.3 is 0 Å². The van der Waals surface area contributed by atoms with Crippen LogP contribution in [0.5, 0.6) is 0 Å². The van der Waals surface area contributed by atoms with Crippen LogP contribution in [0.2, 0.25) is 5.02 Å². The van der Waals surface area contributed by atoms with Crippen LogP contribution in [0.25, 0.3) is 11.1 Å². The van der Waals surface area contributed by atoms with E-state index in [0.717, 1.165) is 48.0 Å². The molecule has 0 radical (unpaired) electrons. The first kappa shape index (κ1) is 13.2. The SMILES string of the molecule is Nc1ncc(-c2cccc(Cl)c2)cc1N1CCNCC1. The Kier molecular flexibility index (Phi) is 3.76. The van der Waals surface area contributed by atoms with Crippen LogP contribution in [-0.4, -0.2) is 31.2 Å². The van der Waals surface area contributed by atoms with Crippen LogP contribution in [0.1, 0.15) is 0 Å². The van der Waals surface area contributed by atoms with Gasteiger partial charge in [-0.2, -0.15) is 0 Å². The zero-order valence-electron chi connectivity index (χ0n) is 11.1. The molecule has 0 aliphatic carbocycles. The Morgan fingerprint density at radius 2 is 1.95 bits per heavy atom. The molecule has 1 aromatic heterocycles. The summed E-state index contributed by atoms with van der Waals surface area (Å²) in [5.74, 6) is 0.581. The van der Waals surface area contributed by atoms with Crippen LogP contribution in [-0.2, 0) is 0 Å². The van der Waals surface area contributed by atoms with E-state index in [9.17, 15) is 0 Å². The minimum Gasteiger partial charge on any atom is -0.382 e. The molecule has 1 aromatic carbocycles.